The minimum Gasteiger partial charge on any atom is -0.351 e. The molecule has 0 radical (unpaired) electrons. The van der Waals surface area contributed by atoms with Gasteiger partial charge >= 0.3 is 0 Å². The van der Waals surface area contributed by atoms with E-state index in [2.05, 4.69) is 5.32 Å². The predicted octanol–water partition coefficient (Wildman–Crippen LogP) is 3.69. The molecule has 0 aliphatic carbocycles. The molecule has 0 spiro atoms. The van der Waals surface area contributed by atoms with Gasteiger partial charge in [0.25, 0.3) is 5.91 Å². The van der Waals surface area contributed by atoms with Crippen molar-refractivity contribution in [2.75, 3.05) is 13.1 Å². The number of hydrogen-bond acceptors (Lipinski definition) is 2. The Morgan fingerprint density at radius 2 is 1.78 bits per heavy atom. The lowest BCUT2D eigenvalue weighted by Gasteiger charge is -2.39. The number of nitrogens with one attached hydrogen (secondary N) is 1. The van der Waals surface area contributed by atoms with E-state index in [0.29, 0.717) is 25.2 Å². The zero-order valence-electron chi connectivity index (χ0n) is 15.8. The number of piperidine rings is 1. The summed E-state index contributed by atoms with van der Waals surface area (Å²) in [6, 6.07) is 13.6. The lowest BCUT2D eigenvalue weighted by molar-refractivity contribution is -0.132. The zero-order chi connectivity index (χ0) is 19.4. The first-order valence-corrected chi connectivity index (χ1v) is 9.26. The summed E-state index contributed by atoms with van der Waals surface area (Å²) in [7, 11) is 0. The van der Waals surface area contributed by atoms with Crippen molar-refractivity contribution in [3.8, 4) is 0 Å². The molecule has 1 unspecified atom stereocenters. The first kappa shape index (κ1) is 19.1. The second-order valence-electron chi connectivity index (χ2n) is 7.57. The van der Waals surface area contributed by atoms with Gasteiger partial charge in [0.1, 0.15) is 5.82 Å². The minimum atomic E-state index is -0.626. The van der Waals surface area contributed by atoms with Gasteiger partial charge in [-0.3, -0.25) is 9.59 Å². The van der Waals surface area contributed by atoms with Gasteiger partial charge in [-0.25, -0.2) is 4.39 Å². The fraction of sp³-hybridized carbons (Fsp3) is 0.364. The molecule has 27 heavy (non-hydrogen) atoms. The summed E-state index contributed by atoms with van der Waals surface area (Å²) in [6.45, 7) is 5.29. The zero-order valence-corrected chi connectivity index (χ0v) is 15.8. The third-order valence-corrected chi connectivity index (χ3v) is 5.20. The third kappa shape index (κ3) is 4.54. The fourth-order valence-corrected chi connectivity index (χ4v) is 3.47. The van der Waals surface area contributed by atoms with Crippen molar-refractivity contribution in [2.45, 2.75) is 33.2 Å². The smallest absolute Gasteiger partial charge is 0.253 e. The maximum absolute atomic E-state index is 13.0. The van der Waals surface area contributed by atoms with E-state index in [0.717, 1.165) is 24.0 Å². The van der Waals surface area contributed by atoms with Crippen LogP contribution in [0.1, 0.15) is 41.3 Å². The van der Waals surface area contributed by atoms with E-state index < -0.39 is 5.41 Å². The SMILES string of the molecule is Cc1ccc(C(=O)N2CCCC(C)(C(=O)NCc3ccc(F)cc3)C2)cc1. The van der Waals surface area contributed by atoms with Gasteiger partial charge in [-0.1, -0.05) is 29.8 Å². The van der Waals surface area contributed by atoms with Gasteiger partial charge in [0.05, 0.1) is 5.41 Å². The highest BCUT2D eigenvalue weighted by molar-refractivity contribution is 5.95. The Kier molecular flexibility index (Phi) is 5.59. The Morgan fingerprint density at radius 3 is 2.44 bits per heavy atom. The highest BCUT2D eigenvalue weighted by Crippen LogP contribution is 2.30. The Bertz CT molecular complexity index is 817. The van der Waals surface area contributed by atoms with Crippen LogP contribution in [-0.2, 0) is 11.3 Å². The summed E-state index contributed by atoms with van der Waals surface area (Å²) in [6.07, 6.45) is 1.53. The normalized spacial score (nSPS) is 19.6. The third-order valence-electron chi connectivity index (χ3n) is 5.20. The average molecular weight is 368 g/mol. The Balaban J connectivity index is 1.64. The fourth-order valence-electron chi connectivity index (χ4n) is 3.47. The second-order valence-corrected chi connectivity index (χ2v) is 7.57. The topological polar surface area (TPSA) is 49.4 Å². The number of likely N-dealkylation sites (tertiary alicyclic amines) is 1. The number of aryl methyl sites for hydroxylation is 1. The lowest BCUT2D eigenvalue weighted by atomic mass is 9.80. The molecule has 2 aromatic carbocycles. The number of amides is 2. The number of carbonyl (C=O) groups is 2. The summed E-state index contributed by atoms with van der Waals surface area (Å²) in [4.78, 5) is 27.3. The van der Waals surface area contributed by atoms with Crippen LogP contribution in [0.3, 0.4) is 0 Å². The van der Waals surface area contributed by atoms with Gasteiger partial charge in [0.15, 0.2) is 0 Å². The summed E-state index contributed by atoms with van der Waals surface area (Å²) in [5.74, 6) is -0.407. The molecule has 4 nitrogen and oxygen atoms in total. The number of hydrogen-bond donors (Lipinski definition) is 1. The monoisotopic (exact) mass is 368 g/mol. The van der Waals surface area contributed by atoms with Crippen molar-refractivity contribution in [3.63, 3.8) is 0 Å². The molecule has 1 aliphatic heterocycles. The summed E-state index contributed by atoms with van der Waals surface area (Å²) >= 11 is 0. The predicted molar refractivity (Wildman–Crippen MR) is 103 cm³/mol. The molecule has 0 bridgehead atoms. The van der Waals surface area contributed by atoms with Crippen molar-refractivity contribution >= 4 is 11.8 Å². The molecule has 142 valence electrons. The molecule has 0 aromatic heterocycles. The molecule has 0 saturated carbocycles. The molecular weight excluding hydrogens is 343 g/mol. The van der Waals surface area contributed by atoms with Gasteiger partial charge in [-0.05, 0) is 56.5 Å². The van der Waals surface area contributed by atoms with Crippen molar-refractivity contribution in [3.05, 3.63) is 71.0 Å². The number of benzene rings is 2. The van der Waals surface area contributed by atoms with Crippen LogP contribution in [0.4, 0.5) is 4.39 Å². The van der Waals surface area contributed by atoms with Crippen molar-refractivity contribution in [2.24, 2.45) is 5.41 Å². The molecule has 1 fully saturated rings. The summed E-state index contributed by atoms with van der Waals surface area (Å²) in [5.41, 5.74) is 1.97. The van der Waals surface area contributed by atoms with Crippen LogP contribution >= 0.6 is 0 Å². The quantitative estimate of drug-likeness (QED) is 0.895. The van der Waals surface area contributed by atoms with Gasteiger partial charge < -0.3 is 10.2 Å². The molecule has 5 heteroatoms. The number of rotatable bonds is 4. The van der Waals surface area contributed by atoms with Crippen LogP contribution < -0.4 is 5.32 Å². The highest BCUT2D eigenvalue weighted by atomic mass is 19.1. The molecule has 2 amide bonds. The van der Waals surface area contributed by atoms with Gasteiger partial charge in [-0.15, -0.1) is 0 Å². The van der Waals surface area contributed by atoms with E-state index in [1.165, 1.54) is 12.1 Å². The van der Waals surface area contributed by atoms with E-state index in [1.807, 2.05) is 38.1 Å². The molecule has 1 saturated heterocycles. The second kappa shape index (κ2) is 7.91. The standard InChI is InChI=1S/C22H25FN2O2/c1-16-4-8-18(9-5-16)20(26)25-13-3-12-22(2,15-25)21(27)24-14-17-6-10-19(23)11-7-17/h4-11H,3,12-15H2,1-2H3,(H,24,27). The largest absolute Gasteiger partial charge is 0.351 e. The highest BCUT2D eigenvalue weighted by Gasteiger charge is 2.39. The number of carbonyl (C=O) groups excluding carboxylic acids is 2. The lowest BCUT2D eigenvalue weighted by Crippen LogP contribution is -2.51. The van der Waals surface area contributed by atoms with E-state index in [9.17, 15) is 14.0 Å². The summed E-state index contributed by atoms with van der Waals surface area (Å²) < 4.78 is 13.0. The molecule has 2 aromatic rings. The van der Waals surface area contributed by atoms with Crippen LogP contribution in [-0.4, -0.2) is 29.8 Å². The summed E-state index contributed by atoms with van der Waals surface area (Å²) in [5, 5.41) is 2.94. The van der Waals surface area contributed by atoms with Gasteiger partial charge in [-0.2, -0.15) is 0 Å². The number of nitrogens with zero attached hydrogens (tertiary/aromatic N) is 1. The first-order valence-electron chi connectivity index (χ1n) is 9.26. The minimum absolute atomic E-state index is 0.0349. The van der Waals surface area contributed by atoms with Gasteiger partial charge in [0.2, 0.25) is 5.91 Å². The number of halogens is 1. The average Bonchev–Trinajstić information content (AvgIpc) is 2.67. The van der Waals surface area contributed by atoms with E-state index in [4.69, 9.17) is 0 Å². The van der Waals surface area contributed by atoms with Crippen molar-refractivity contribution in [1.29, 1.82) is 0 Å². The molecular formula is C22H25FN2O2. The Morgan fingerprint density at radius 1 is 1.11 bits per heavy atom. The molecule has 1 aliphatic rings. The maximum atomic E-state index is 13.0. The molecule has 3 rings (SSSR count). The van der Waals surface area contributed by atoms with Crippen LogP contribution in [0.25, 0.3) is 0 Å². The van der Waals surface area contributed by atoms with Gasteiger partial charge in [0, 0.05) is 25.2 Å². The van der Waals surface area contributed by atoms with E-state index in [1.54, 1.807) is 17.0 Å². The molecule has 1 N–H and O–H groups in total. The van der Waals surface area contributed by atoms with Crippen LogP contribution in [0.5, 0.6) is 0 Å². The van der Waals surface area contributed by atoms with Crippen LogP contribution in [0.15, 0.2) is 48.5 Å². The molecule has 1 heterocycles. The Hall–Kier alpha value is -2.69. The van der Waals surface area contributed by atoms with Crippen molar-refractivity contribution in [1.82, 2.24) is 10.2 Å². The van der Waals surface area contributed by atoms with E-state index >= 15 is 0 Å². The van der Waals surface area contributed by atoms with Crippen LogP contribution in [0.2, 0.25) is 0 Å². The van der Waals surface area contributed by atoms with Crippen molar-refractivity contribution < 1.29 is 14.0 Å². The maximum Gasteiger partial charge on any atom is 0.253 e. The first-order chi connectivity index (χ1) is 12.9. The van der Waals surface area contributed by atoms with E-state index in [-0.39, 0.29) is 17.6 Å². The van der Waals surface area contributed by atoms with Crippen LogP contribution in [0, 0.1) is 18.2 Å². The Labute approximate surface area is 159 Å². The molecule has 1 atom stereocenters.